The first-order valence-electron chi connectivity index (χ1n) is 13.5. The van der Waals surface area contributed by atoms with Gasteiger partial charge in [0.2, 0.25) is 18.3 Å². The maximum absolute atomic E-state index is 13.1. The molecule has 0 radical (unpaired) electrons. The van der Waals surface area contributed by atoms with Crippen LogP contribution in [0, 0.1) is 5.92 Å². The van der Waals surface area contributed by atoms with Crippen LogP contribution in [0.5, 0.6) is 34.5 Å². The van der Waals surface area contributed by atoms with Crippen LogP contribution in [-0.4, -0.2) is 51.9 Å². The second kappa shape index (κ2) is 11.8. The highest BCUT2D eigenvalue weighted by Crippen LogP contribution is 2.59. The Bertz CT molecular complexity index is 1200. The molecule has 4 rings (SSSR count). The van der Waals surface area contributed by atoms with Crippen LogP contribution in [0.4, 0.5) is 0 Å². The van der Waals surface area contributed by atoms with Gasteiger partial charge in [0.1, 0.15) is 5.60 Å². The van der Waals surface area contributed by atoms with Crippen LogP contribution in [-0.2, 0) is 16.0 Å². The number of rotatable bonds is 10. The summed E-state index contributed by atoms with van der Waals surface area (Å²) in [7, 11) is 6.15. The molecule has 2 aromatic rings. The highest BCUT2D eigenvalue weighted by Gasteiger charge is 2.47. The van der Waals surface area contributed by atoms with Crippen LogP contribution in [0.3, 0.4) is 0 Å². The minimum Gasteiger partial charge on any atom is -0.493 e. The summed E-state index contributed by atoms with van der Waals surface area (Å²) in [6, 6.07) is 3.65. The zero-order valence-corrected chi connectivity index (χ0v) is 24.0. The molecule has 0 amide bonds. The lowest BCUT2D eigenvalue weighted by atomic mass is 9.73. The molecule has 0 spiro atoms. The smallest absolute Gasteiger partial charge is 0.306 e. The van der Waals surface area contributed by atoms with Gasteiger partial charge in [-0.1, -0.05) is 33.1 Å². The van der Waals surface area contributed by atoms with Gasteiger partial charge in [-0.2, -0.15) is 0 Å². The van der Waals surface area contributed by atoms with Crippen molar-refractivity contribution in [3.63, 3.8) is 0 Å². The number of ether oxygens (including phenoxy) is 7. The molecule has 1 heterocycles. The first-order valence-corrected chi connectivity index (χ1v) is 13.5. The molecule has 39 heavy (non-hydrogen) atoms. The quantitative estimate of drug-likeness (QED) is 0.302. The van der Waals surface area contributed by atoms with Crippen molar-refractivity contribution < 1.29 is 43.1 Å². The molecule has 2 aliphatic rings. The zero-order valence-electron chi connectivity index (χ0n) is 24.0. The maximum Gasteiger partial charge on any atom is 0.306 e. The third kappa shape index (κ3) is 5.16. The monoisotopic (exact) mass is 544 g/mol. The average molecular weight is 545 g/mol. The van der Waals surface area contributed by atoms with E-state index in [9.17, 15) is 9.90 Å². The van der Waals surface area contributed by atoms with Gasteiger partial charge >= 0.3 is 5.97 Å². The number of aliphatic hydroxyl groups is 1. The number of esters is 1. The summed E-state index contributed by atoms with van der Waals surface area (Å²) < 4.78 is 40.9. The minimum atomic E-state index is -1.44. The number of hydrogen-bond acceptors (Lipinski definition) is 9. The molecule has 0 bridgehead atoms. The number of fused-ring (bicyclic) bond motifs is 4. The Balaban J connectivity index is 2.01. The highest BCUT2D eigenvalue weighted by atomic mass is 16.7. The van der Waals surface area contributed by atoms with Crippen LogP contribution in [0.15, 0.2) is 12.1 Å². The minimum absolute atomic E-state index is 0.0655. The van der Waals surface area contributed by atoms with Gasteiger partial charge in [-0.05, 0) is 43.4 Å². The number of methoxy groups -OCH3 is 4. The van der Waals surface area contributed by atoms with Gasteiger partial charge < -0.3 is 38.3 Å². The number of unbranched alkanes of at least 4 members (excludes halogenated alkanes) is 3. The Kier molecular flexibility index (Phi) is 8.69. The molecule has 1 N–H and O–H groups in total. The summed E-state index contributed by atoms with van der Waals surface area (Å²) in [6.45, 7) is 5.83. The molecule has 9 heteroatoms. The number of hydrogen-bond donors (Lipinski definition) is 1. The van der Waals surface area contributed by atoms with E-state index < -0.39 is 11.7 Å². The molecule has 1 aliphatic heterocycles. The SMILES string of the molecule is CCCCCCC(=O)O[C@H]1c2cc(OC)c(OC)c(OC)c2-c2c(cc3c(c2OC)OCO3)C[C@H](C)[C@]1(C)O. The summed E-state index contributed by atoms with van der Waals surface area (Å²) in [5, 5.41) is 12.0. The van der Waals surface area contributed by atoms with Gasteiger partial charge in [-0.3, -0.25) is 4.79 Å². The van der Waals surface area contributed by atoms with Crippen molar-refractivity contribution in [2.75, 3.05) is 35.2 Å². The van der Waals surface area contributed by atoms with E-state index in [1.54, 1.807) is 20.1 Å². The van der Waals surface area contributed by atoms with Gasteiger partial charge in [-0.25, -0.2) is 0 Å². The van der Waals surface area contributed by atoms with E-state index in [0.717, 1.165) is 31.2 Å². The summed E-state index contributed by atoms with van der Waals surface area (Å²) in [5.74, 6) is 1.90. The topological polar surface area (TPSA) is 102 Å². The van der Waals surface area contributed by atoms with Crippen LogP contribution < -0.4 is 28.4 Å². The van der Waals surface area contributed by atoms with Crippen molar-refractivity contribution in [2.45, 2.75) is 71.0 Å². The summed E-state index contributed by atoms with van der Waals surface area (Å²) >= 11 is 0. The fourth-order valence-corrected chi connectivity index (χ4v) is 5.51. The summed E-state index contributed by atoms with van der Waals surface area (Å²) in [5.41, 5.74) is 1.19. The van der Waals surface area contributed by atoms with Crippen molar-refractivity contribution in [3.8, 4) is 45.6 Å². The van der Waals surface area contributed by atoms with E-state index in [4.69, 9.17) is 33.2 Å². The average Bonchev–Trinajstić information content (AvgIpc) is 3.39. The molecule has 214 valence electrons. The third-order valence-corrected chi connectivity index (χ3v) is 7.84. The molecule has 2 aromatic carbocycles. The van der Waals surface area contributed by atoms with Gasteiger partial charge in [0.05, 0.1) is 28.4 Å². The molecule has 0 aromatic heterocycles. The van der Waals surface area contributed by atoms with Gasteiger partial charge in [0, 0.05) is 23.1 Å². The fourth-order valence-electron chi connectivity index (χ4n) is 5.51. The van der Waals surface area contributed by atoms with Crippen molar-refractivity contribution >= 4 is 5.97 Å². The second-order valence-corrected chi connectivity index (χ2v) is 10.3. The van der Waals surface area contributed by atoms with Gasteiger partial charge in [-0.15, -0.1) is 0 Å². The third-order valence-electron chi connectivity index (χ3n) is 7.84. The summed E-state index contributed by atoms with van der Waals surface area (Å²) in [6.07, 6.45) is 3.46. The van der Waals surface area contributed by atoms with Gasteiger partial charge in [0.25, 0.3) is 0 Å². The number of carbonyl (C=O) groups excluding carboxylic acids is 1. The lowest BCUT2D eigenvalue weighted by Crippen LogP contribution is -2.43. The van der Waals surface area contributed by atoms with E-state index in [1.807, 2.05) is 13.0 Å². The molecular weight excluding hydrogens is 504 g/mol. The Hall–Kier alpha value is -3.33. The van der Waals surface area contributed by atoms with Crippen molar-refractivity contribution in [3.05, 3.63) is 23.3 Å². The fraction of sp³-hybridized carbons (Fsp3) is 0.567. The second-order valence-electron chi connectivity index (χ2n) is 10.3. The normalized spacial score (nSPS) is 21.2. The van der Waals surface area contributed by atoms with Crippen molar-refractivity contribution in [1.29, 1.82) is 0 Å². The zero-order chi connectivity index (χ0) is 28.3. The molecule has 0 saturated heterocycles. The number of carbonyl (C=O) groups is 1. The molecule has 0 unspecified atom stereocenters. The standard InChI is InChI=1S/C30H40O9/c1-8-9-10-11-12-22(31)39-29-19-15-20(33-4)25(34-5)28(36-7)24(19)23-18(13-17(2)30(29,3)32)14-21-26(27(23)35-6)38-16-37-21/h14-15,17,29,32H,8-13,16H2,1-7H3/t17-,29-,30-/m0/s1. The molecule has 9 nitrogen and oxygen atoms in total. The van der Waals surface area contributed by atoms with E-state index in [0.29, 0.717) is 57.6 Å². The lowest BCUT2D eigenvalue weighted by Gasteiger charge is -2.41. The van der Waals surface area contributed by atoms with Crippen molar-refractivity contribution in [2.24, 2.45) is 5.92 Å². The number of benzene rings is 2. The first kappa shape index (κ1) is 28.7. The molecule has 1 aliphatic carbocycles. The Labute approximate surface area is 230 Å². The Morgan fingerprint density at radius 1 is 0.974 bits per heavy atom. The van der Waals surface area contributed by atoms with E-state index in [-0.39, 0.29) is 25.1 Å². The van der Waals surface area contributed by atoms with Crippen molar-refractivity contribution in [1.82, 2.24) is 0 Å². The van der Waals surface area contributed by atoms with Crippen LogP contribution >= 0.6 is 0 Å². The van der Waals surface area contributed by atoms with E-state index in [2.05, 4.69) is 6.92 Å². The largest absolute Gasteiger partial charge is 0.493 e. The molecule has 3 atom stereocenters. The first-order chi connectivity index (χ1) is 18.7. The van der Waals surface area contributed by atoms with E-state index >= 15 is 0 Å². The lowest BCUT2D eigenvalue weighted by molar-refractivity contribution is -0.171. The molecule has 0 saturated carbocycles. The highest BCUT2D eigenvalue weighted by molar-refractivity contribution is 5.89. The Morgan fingerprint density at radius 2 is 1.69 bits per heavy atom. The molecular formula is C30H40O9. The molecule has 0 fully saturated rings. The Morgan fingerprint density at radius 3 is 2.33 bits per heavy atom. The van der Waals surface area contributed by atoms with Gasteiger partial charge in [0.15, 0.2) is 29.1 Å². The predicted octanol–water partition coefficient (Wildman–Crippen LogP) is 5.61. The predicted molar refractivity (Wildman–Crippen MR) is 145 cm³/mol. The van der Waals surface area contributed by atoms with Crippen LogP contribution in [0.2, 0.25) is 0 Å². The van der Waals surface area contributed by atoms with Crippen LogP contribution in [0.1, 0.15) is 70.1 Å². The van der Waals surface area contributed by atoms with Crippen LogP contribution in [0.25, 0.3) is 11.1 Å². The summed E-state index contributed by atoms with van der Waals surface area (Å²) in [4.78, 5) is 13.1. The maximum atomic E-state index is 13.1. The van der Waals surface area contributed by atoms with E-state index in [1.165, 1.54) is 21.3 Å².